The second-order valence-corrected chi connectivity index (χ2v) is 9.87. The Labute approximate surface area is 181 Å². The molecule has 0 saturated carbocycles. The molecule has 3 aliphatic heterocycles. The van der Waals surface area contributed by atoms with E-state index in [1.807, 2.05) is 0 Å². The molecule has 0 spiro atoms. The van der Waals surface area contributed by atoms with Gasteiger partial charge in [-0.15, -0.1) is 11.3 Å². The van der Waals surface area contributed by atoms with Crippen molar-refractivity contribution in [2.75, 3.05) is 70.6 Å². The standard InChI is InChI=1S/C21H29ClN4O2S/c22-20-14-18-19(29-20)13-16(23-21(18)26-7-11-28-12-8-26)15-24-3-1-17(2-4-24)25-5-9-27-10-6-25/h13-14,17H,1-12,15H2. The molecule has 3 fully saturated rings. The van der Waals surface area contributed by atoms with Crippen LogP contribution in [-0.4, -0.2) is 86.5 Å². The number of anilines is 1. The van der Waals surface area contributed by atoms with Crippen molar-refractivity contribution < 1.29 is 9.47 Å². The molecule has 2 aromatic rings. The minimum atomic E-state index is 0.714. The second-order valence-electron chi connectivity index (χ2n) is 8.15. The van der Waals surface area contributed by atoms with Crippen LogP contribution < -0.4 is 4.90 Å². The summed E-state index contributed by atoms with van der Waals surface area (Å²) in [5, 5.41) is 1.18. The van der Waals surface area contributed by atoms with Crippen LogP contribution in [-0.2, 0) is 16.0 Å². The summed E-state index contributed by atoms with van der Waals surface area (Å²) in [5.41, 5.74) is 1.15. The highest BCUT2D eigenvalue weighted by Crippen LogP contribution is 2.36. The molecule has 8 heteroatoms. The third-order valence-corrected chi connectivity index (χ3v) is 7.55. The van der Waals surface area contributed by atoms with Crippen LogP contribution in [0, 0.1) is 0 Å². The predicted molar refractivity (Wildman–Crippen MR) is 118 cm³/mol. The summed E-state index contributed by atoms with van der Waals surface area (Å²) < 4.78 is 13.1. The van der Waals surface area contributed by atoms with Gasteiger partial charge in [0.1, 0.15) is 5.82 Å². The number of fused-ring (bicyclic) bond motifs is 1. The Kier molecular flexibility index (Phi) is 6.22. The van der Waals surface area contributed by atoms with Gasteiger partial charge in [-0.3, -0.25) is 9.80 Å². The summed E-state index contributed by atoms with van der Waals surface area (Å²) >= 11 is 8.01. The van der Waals surface area contributed by atoms with Crippen LogP contribution in [0.4, 0.5) is 5.82 Å². The van der Waals surface area contributed by atoms with Crippen LogP contribution in [0.25, 0.3) is 10.1 Å². The van der Waals surface area contributed by atoms with E-state index in [0.29, 0.717) is 6.04 Å². The normalized spacial score (nSPS) is 23.1. The summed E-state index contributed by atoms with van der Waals surface area (Å²) in [6, 6.07) is 5.02. The Hall–Kier alpha value is -0.960. The smallest absolute Gasteiger partial charge is 0.137 e. The first-order chi connectivity index (χ1) is 14.3. The van der Waals surface area contributed by atoms with E-state index in [4.69, 9.17) is 26.1 Å². The lowest BCUT2D eigenvalue weighted by atomic mass is 10.0. The third-order valence-electron chi connectivity index (χ3n) is 6.33. The van der Waals surface area contributed by atoms with Crippen molar-refractivity contribution in [2.24, 2.45) is 0 Å². The number of hydrogen-bond acceptors (Lipinski definition) is 7. The summed E-state index contributed by atoms with van der Waals surface area (Å²) in [6.45, 7) is 10.5. The molecule has 6 nitrogen and oxygen atoms in total. The summed E-state index contributed by atoms with van der Waals surface area (Å²) in [6.07, 6.45) is 2.48. The van der Waals surface area contributed by atoms with Gasteiger partial charge >= 0.3 is 0 Å². The fourth-order valence-corrected chi connectivity index (χ4v) is 5.95. The van der Waals surface area contributed by atoms with Crippen LogP contribution in [0.2, 0.25) is 4.34 Å². The highest BCUT2D eigenvalue weighted by molar-refractivity contribution is 7.22. The van der Waals surface area contributed by atoms with Crippen molar-refractivity contribution >= 4 is 38.8 Å². The number of aromatic nitrogens is 1. The van der Waals surface area contributed by atoms with Gasteiger partial charge in [-0.25, -0.2) is 4.98 Å². The number of piperidine rings is 1. The summed E-state index contributed by atoms with van der Waals surface area (Å²) in [4.78, 5) is 12.6. The van der Waals surface area contributed by atoms with E-state index in [9.17, 15) is 0 Å². The number of rotatable bonds is 4. The first-order valence-electron chi connectivity index (χ1n) is 10.7. The van der Waals surface area contributed by atoms with Gasteiger partial charge in [0.05, 0.1) is 36.5 Å². The number of ether oxygens (including phenoxy) is 2. The average Bonchev–Trinajstić information content (AvgIpc) is 3.15. The lowest BCUT2D eigenvalue weighted by Gasteiger charge is -2.40. The molecule has 3 aliphatic rings. The lowest BCUT2D eigenvalue weighted by molar-refractivity contribution is 0.000143. The SMILES string of the molecule is Clc1cc2c(N3CCOCC3)nc(CN3CCC(N4CCOCC4)CC3)cc2s1. The van der Waals surface area contributed by atoms with Gasteiger partial charge in [0.2, 0.25) is 0 Å². The number of halogens is 1. The van der Waals surface area contributed by atoms with Crippen molar-refractivity contribution in [3.8, 4) is 0 Å². The number of morpholine rings is 2. The molecule has 5 heterocycles. The highest BCUT2D eigenvalue weighted by Gasteiger charge is 2.26. The molecule has 0 aliphatic carbocycles. The van der Waals surface area contributed by atoms with Crippen molar-refractivity contribution in [1.29, 1.82) is 0 Å². The monoisotopic (exact) mass is 436 g/mol. The first kappa shape index (κ1) is 20.0. The molecule has 5 rings (SSSR count). The molecule has 3 saturated heterocycles. The number of hydrogen-bond donors (Lipinski definition) is 0. The lowest BCUT2D eigenvalue weighted by Crippen LogP contribution is -2.48. The highest BCUT2D eigenvalue weighted by atomic mass is 35.5. The van der Waals surface area contributed by atoms with E-state index in [1.54, 1.807) is 11.3 Å². The minimum absolute atomic E-state index is 0.714. The fraction of sp³-hybridized carbons (Fsp3) is 0.667. The largest absolute Gasteiger partial charge is 0.379 e. The molecule has 0 unspecified atom stereocenters. The quantitative estimate of drug-likeness (QED) is 0.733. The van der Waals surface area contributed by atoms with Gasteiger partial charge in [-0.05, 0) is 25.0 Å². The number of nitrogens with zero attached hydrogens (tertiary/aromatic N) is 4. The van der Waals surface area contributed by atoms with Crippen molar-refractivity contribution in [2.45, 2.75) is 25.4 Å². The molecule has 0 aromatic carbocycles. The van der Waals surface area contributed by atoms with Crippen LogP contribution >= 0.6 is 22.9 Å². The number of likely N-dealkylation sites (tertiary alicyclic amines) is 1. The first-order valence-corrected chi connectivity index (χ1v) is 11.9. The van der Waals surface area contributed by atoms with E-state index >= 15 is 0 Å². The maximum Gasteiger partial charge on any atom is 0.137 e. The fourth-order valence-electron chi connectivity index (χ4n) is 4.75. The van der Waals surface area contributed by atoms with E-state index < -0.39 is 0 Å². The van der Waals surface area contributed by atoms with Crippen LogP contribution in [0.5, 0.6) is 0 Å². The Bertz CT molecular complexity index is 827. The topological polar surface area (TPSA) is 41.1 Å². The van der Waals surface area contributed by atoms with E-state index in [2.05, 4.69) is 26.8 Å². The third kappa shape index (κ3) is 4.55. The molecule has 0 amide bonds. The van der Waals surface area contributed by atoms with Gasteiger partial charge < -0.3 is 14.4 Å². The Balaban J connectivity index is 1.29. The minimum Gasteiger partial charge on any atom is -0.379 e. The van der Waals surface area contributed by atoms with E-state index in [-0.39, 0.29) is 0 Å². The number of thiophene rings is 1. The summed E-state index contributed by atoms with van der Waals surface area (Å²) in [5.74, 6) is 1.08. The molecule has 0 N–H and O–H groups in total. The Morgan fingerprint density at radius 2 is 1.66 bits per heavy atom. The van der Waals surface area contributed by atoms with Gasteiger partial charge in [0, 0.05) is 61.9 Å². The summed E-state index contributed by atoms with van der Waals surface area (Å²) in [7, 11) is 0. The molecular formula is C21H29ClN4O2S. The maximum absolute atomic E-state index is 6.35. The zero-order chi connectivity index (χ0) is 19.6. The van der Waals surface area contributed by atoms with E-state index in [0.717, 1.165) is 88.1 Å². The maximum atomic E-state index is 6.35. The zero-order valence-electron chi connectivity index (χ0n) is 16.8. The van der Waals surface area contributed by atoms with Gasteiger partial charge in [-0.1, -0.05) is 11.6 Å². The predicted octanol–water partition coefficient (Wildman–Crippen LogP) is 3.08. The zero-order valence-corrected chi connectivity index (χ0v) is 18.4. The molecule has 0 atom stereocenters. The Morgan fingerprint density at radius 1 is 0.966 bits per heavy atom. The second kappa shape index (κ2) is 9.04. The molecule has 0 bridgehead atoms. The van der Waals surface area contributed by atoms with Gasteiger partial charge in [0.15, 0.2) is 0 Å². The molecule has 0 radical (unpaired) electrons. The molecule has 2 aromatic heterocycles. The van der Waals surface area contributed by atoms with Crippen molar-refractivity contribution in [3.05, 3.63) is 22.2 Å². The molecule has 158 valence electrons. The molecular weight excluding hydrogens is 408 g/mol. The van der Waals surface area contributed by atoms with Gasteiger partial charge in [-0.2, -0.15) is 0 Å². The van der Waals surface area contributed by atoms with Crippen LogP contribution in [0.1, 0.15) is 18.5 Å². The van der Waals surface area contributed by atoms with Crippen molar-refractivity contribution in [3.63, 3.8) is 0 Å². The number of pyridine rings is 1. The van der Waals surface area contributed by atoms with Crippen LogP contribution in [0.3, 0.4) is 0 Å². The molecule has 29 heavy (non-hydrogen) atoms. The Morgan fingerprint density at radius 3 is 2.38 bits per heavy atom. The van der Waals surface area contributed by atoms with E-state index in [1.165, 1.54) is 22.9 Å². The average molecular weight is 437 g/mol. The van der Waals surface area contributed by atoms with Crippen LogP contribution in [0.15, 0.2) is 12.1 Å². The van der Waals surface area contributed by atoms with Gasteiger partial charge in [0.25, 0.3) is 0 Å². The van der Waals surface area contributed by atoms with Crippen molar-refractivity contribution in [1.82, 2.24) is 14.8 Å².